The van der Waals surface area contributed by atoms with Gasteiger partial charge < -0.3 is 25.6 Å². The van der Waals surface area contributed by atoms with Crippen LogP contribution in [-0.2, 0) is 4.74 Å². The molecule has 1 amide bonds. The molecule has 0 aromatic heterocycles. The Labute approximate surface area is 157 Å². The van der Waals surface area contributed by atoms with Gasteiger partial charge in [0.1, 0.15) is 17.6 Å². The molecule has 0 spiro atoms. The van der Waals surface area contributed by atoms with E-state index in [1.807, 2.05) is 0 Å². The van der Waals surface area contributed by atoms with Gasteiger partial charge >= 0.3 is 5.97 Å². The predicted molar refractivity (Wildman–Crippen MR) is 98.8 cm³/mol. The fraction of sp³-hybridized carbons (Fsp3) is 0.300. The zero-order valence-corrected chi connectivity index (χ0v) is 14.7. The summed E-state index contributed by atoms with van der Waals surface area (Å²) in [5.41, 5.74) is 0.759. The summed E-state index contributed by atoms with van der Waals surface area (Å²) in [6.07, 6.45) is 0.971. The lowest BCUT2D eigenvalue weighted by molar-refractivity contribution is 0.0192. The first kappa shape index (κ1) is 18.7. The molecule has 1 aliphatic heterocycles. The Morgan fingerprint density at radius 1 is 0.963 bits per heavy atom. The van der Waals surface area contributed by atoms with Gasteiger partial charge in [-0.2, -0.15) is 0 Å². The van der Waals surface area contributed by atoms with Crippen LogP contribution in [0.5, 0.6) is 11.5 Å². The zero-order chi connectivity index (χ0) is 19.2. The number of nitrogens with one attached hydrogen (secondary N) is 2. The summed E-state index contributed by atoms with van der Waals surface area (Å²) >= 11 is 0. The van der Waals surface area contributed by atoms with E-state index in [1.165, 1.54) is 48.5 Å². The average Bonchev–Trinajstić information content (AvgIpc) is 2.88. The second-order valence-corrected chi connectivity index (χ2v) is 6.46. The smallest absolute Gasteiger partial charge is 0.338 e. The third-order valence-corrected chi connectivity index (χ3v) is 4.46. The van der Waals surface area contributed by atoms with E-state index in [1.54, 1.807) is 0 Å². The minimum Gasteiger partial charge on any atom is -0.508 e. The first-order valence-corrected chi connectivity index (χ1v) is 8.83. The number of hydrogen-bond donors (Lipinski definition) is 4. The molecule has 2 atom stereocenters. The fourth-order valence-corrected chi connectivity index (χ4v) is 2.97. The molecule has 7 heteroatoms. The highest BCUT2D eigenvalue weighted by Crippen LogP contribution is 2.17. The highest BCUT2D eigenvalue weighted by atomic mass is 16.5. The van der Waals surface area contributed by atoms with Crippen LogP contribution in [0.15, 0.2) is 48.5 Å². The molecule has 1 heterocycles. The van der Waals surface area contributed by atoms with Crippen molar-refractivity contribution < 1.29 is 24.5 Å². The molecule has 0 saturated carbocycles. The van der Waals surface area contributed by atoms with Crippen molar-refractivity contribution in [1.82, 2.24) is 10.6 Å². The summed E-state index contributed by atoms with van der Waals surface area (Å²) in [5.74, 6) is -0.632. The number of phenols is 2. The van der Waals surface area contributed by atoms with Crippen molar-refractivity contribution in [2.24, 2.45) is 0 Å². The maximum atomic E-state index is 12.5. The van der Waals surface area contributed by atoms with Gasteiger partial charge in [-0.3, -0.25) is 4.79 Å². The van der Waals surface area contributed by atoms with Crippen molar-refractivity contribution in [3.63, 3.8) is 0 Å². The van der Waals surface area contributed by atoms with Gasteiger partial charge in [0.25, 0.3) is 5.91 Å². The minimum absolute atomic E-state index is 0.0734. The maximum Gasteiger partial charge on any atom is 0.338 e. The molecule has 2 aromatic carbocycles. The van der Waals surface area contributed by atoms with Gasteiger partial charge in [-0.1, -0.05) is 0 Å². The average molecular weight is 370 g/mol. The van der Waals surface area contributed by atoms with E-state index < -0.39 is 12.1 Å². The van der Waals surface area contributed by atoms with Crippen LogP contribution in [0.1, 0.15) is 33.6 Å². The van der Waals surface area contributed by atoms with Gasteiger partial charge in [-0.25, -0.2) is 4.79 Å². The number of rotatable bonds is 4. The Bertz CT molecular complexity index is 722. The summed E-state index contributed by atoms with van der Waals surface area (Å²) in [6.45, 7) is 1.26. The van der Waals surface area contributed by atoms with Crippen molar-refractivity contribution in [2.75, 3.05) is 13.1 Å². The Hall–Kier alpha value is -3.06. The van der Waals surface area contributed by atoms with E-state index in [2.05, 4.69) is 10.6 Å². The van der Waals surface area contributed by atoms with Crippen LogP contribution in [0, 0.1) is 0 Å². The summed E-state index contributed by atoms with van der Waals surface area (Å²) in [6, 6.07) is 11.4. The van der Waals surface area contributed by atoms with E-state index in [9.17, 15) is 19.8 Å². The molecule has 7 nitrogen and oxygen atoms in total. The normalized spacial score (nSPS) is 19.7. The number of hydrogen-bond acceptors (Lipinski definition) is 6. The van der Waals surface area contributed by atoms with Gasteiger partial charge in [-0.15, -0.1) is 0 Å². The molecular formula is C20H22N2O5. The Morgan fingerprint density at radius 3 is 2.19 bits per heavy atom. The van der Waals surface area contributed by atoms with E-state index >= 15 is 0 Å². The lowest BCUT2D eigenvalue weighted by Gasteiger charge is -2.26. The number of carbonyl (C=O) groups is 2. The summed E-state index contributed by atoms with van der Waals surface area (Å²) in [5, 5.41) is 24.8. The third kappa shape index (κ3) is 4.98. The van der Waals surface area contributed by atoms with Crippen molar-refractivity contribution in [1.29, 1.82) is 0 Å². The van der Waals surface area contributed by atoms with Crippen LogP contribution in [0.4, 0.5) is 0 Å². The molecule has 1 fully saturated rings. The number of esters is 1. The summed E-state index contributed by atoms with van der Waals surface area (Å²) < 4.78 is 5.65. The lowest BCUT2D eigenvalue weighted by Crippen LogP contribution is -2.49. The molecule has 3 rings (SSSR count). The highest BCUT2D eigenvalue weighted by Gasteiger charge is 2.29. The molecule has 27 heavy (non-hydrogen) atoms. The van der Waals surface area contributed by atoms with Gasteiger partial charge in [0, 0.05) is 12.1 Å². The summed E-state index contributed by atoms with van der Waals surface area (Å²) in [7, 11) is 0. The number of aromatic hydroxyl groups is 2. The number of ether oxygens (including phenoxy) is 1. The molecule has 1 aliphatic rings. The molecule has 0 radical (unpaired) electrons. The van der Waals surface area contributed by atoms with E-state index in [0.29, 0.717) is 24.1 Å². The SMILES string of the molecule is O=C(N[C@@H]1CNCCC[C@H]1OC(=O)c1ccc(O)cc1)c1ccc(O)cc1. The monoisotopic (exact) mass is 370 g/mol. The maximum absolute atomic E-state index is 12.5. The largest absolute Gasteiger partial charge is 0.508 e. The van der Waals surface area contributed by atoms with Gasteiger partial charge in [0.05, 0.1) is 11.6 Å². The van der Waals surface area contributed by atoms with Crippen LogP contribution in [-0.4, -0.2) is 47.3 Å². The Morgan fingerprint density at radius 2 is 1.56 bits per heavy atom. The number of benzene rings is 2. The summed E-state index contributed by atoms with van der Waals surface area (Å²) in [4.78, 5) is 24.9. The molecule has 2 aromatic rings. The molecule has 1 saturated heterocycles. The van der Waals surface area contributed by atoms with Crippen LogP contribution in [0.3, 0.4) is 0 Å². The first-order valence-electron chi connectivity index (χ1n) is 8.83. The molecular weight excluding hydrogens is 348 g/mol. The molecule has 0 unspecified atom stereocenters. The van der Waals surface area contributed by atoms with Crippen molar-refractivity contribution in [3.8, 4) is 11.5 Å². The van der Waals surface area contributed by atoms with Crippen molar-refractivity contribution in [3.05, 3.63) is 59.7 Å². The van der Waals surface area contributed by atoms with Crippen LogP contribution < -0.4 is 10.6 Å². The van der Waals surface area contributed by atoms with Crippen LogP contribution in [0.25, 0.3) is 0 Å². The zero-order valence-electron chi connectivity index (χ0n) is 14.7. The topological polar surface area (TPSA) is 108 Å². The lowest BCUT2D eigenvalue weighted by atomic mass is 10.1. The number of phenolic OH excluding ortho intramolecular Hbond substituents is 2. The standard InChI is InChI=1S/C20H22N2O5/c23-15-7-3-13(4-8-15)19(25)22-17-12-21-11-1-2-18(17)27-20(26)14-5-9-16(24)10-6-14/h3-10,17-18,21,23-24H,1-2,11-12H2,(H,22,25)/t17-,18-/m1/s1. The Kier molecular flexibility index (Phi) is 5.93. The van der Waals surface area contributed by atoms with Crippen LogP contribution >= 0.6 is 0 Å². The first-order chi connectivity index (χ1) is 13.0. The predicted octanol–water partition coefficient (Wildman–Crippen LogP) is 1.81. The van der Waals surface area contributed by atoms with Gasteiger partial charge in [0.15, 0.2) is 0 Å². The quantitative estimate of drug-likeness (QED) is 0.612. The fourth-order valence-electron chi connectivity index (χ4n) is 2.97. The second-order valence-electron chi connectivity index (χ2n) is 6.46. The third-order valence-electron chi connectivity index (χ3n) is 4.46. The molecule has 142 valence electrons. The molecule has 4 N–H and O–H groups in total. The van der Waals surface area contributed by atoms with Crippen LogP contribution in [0.2, 0.25) is 0 Å². The second kappa shape index (κ2) is 8.55. The van der Waals surface area contributed by atoms with E-state index in [-0.39, 0.29) is 23.4 Å². The minimum atomic E-state index is -0.495. The molecule has 0 aliphatic carbocycles. The van der Waals surface area contributed by atoms with Crippen molar-refractivity contribution >= 4 is 11.9 Å². The molecule has 0 bridgehead atoms. The van der Waals surface area contributed by atoms with E-state index in [4.69, 9.17) is 4.74 Å². The van der Waals surface area contributed by atoms with Crippen molar-refractivity contribution in [2.45, 2.75) is 25.0 Å². The highest BCUT2D eigenvalue weighted by molar-refractivity contribution is 5.94. The van der Waals surface area contributed by atoms with E-state index in [0.717, 1.165) is 13.0 Å². The number of carbonyl (C=O) groups excluding carboxylic acids is 2. The van der Waals surface area contributed by atoms with Gasteiger partial charge in [-0.05, 0) is 67.9 Å². The number of amides is 1. The Balaban J connectivity index is 1.69. The van der Waals surface area contributed by atoms with Gasteiger partial charge in [0.2, 0.25) is 0 Å².